The number of halogens is 5. The molecule has 0 aliphatic heterocycles. The Hall–Kier alpha value is -2.91. The molecule has 0 aromatic heterocycles. The summed E-state index contributed by atoms with van der Waals surface area (Å²) in [6.07, 6.45) is 0. The Balaban J connectivity index is 1.96. The summed E-state index contributed by atoms with van der Waals surface area (Å²) >= 11 is 0. The Morgan fingerprint density at radius 1 is 0.633 bits per heavy atom. The summed E-state index contributed by atoms with van der Waals surface area (Å²) in [4.78, 5) is 0. The van der Waals surface area contributed by atoms with E-state index in [0.29, 0.717) is 11.1 Å². The molecule has 3 aromatic carbocycles. The molecule has 0 spiro atoms. The van der Waals surface area contributed by atoms with Gasteiger partial charge in [0.05, 0.1) is 13.6 Å². The molecule has 154 valence electrons. The second kappa shape index (κ2) is 8.08. The lowest BCUT2D eigenvalue weighted by atomic mass is 9.97. The molecule has 0 saturated heterocycles. The van der Waals surface area contributed by atoms with Crippen LogP contribution < -0.4 is 5.19 Å². The van der Waals surface area contributed by atoms with Crippen molar-refractivity contribution in [1.29, 1.82) is 0 Å². The number of benzene rings is 3. The fraction of sp³-hybridized carbons (Fsp3) is 0.167. The maximum atomic E-state index is 14.1. The maximum Gasteiger partial charge on any atom is 0.200 e. The van der Waals surface area contributed by atoms with E-state index in [1.807, 2.05) is 12.1 Å². The zero-order valence-electron chi connectivity index (χ0n) is 16.9. The van der Waals surface area contributed by atoms with Crippen molar-refractivity contribution in [3.63, 3.8) is 0 Å². The van der Waals surface area contributed by atoms with Gasteiger partial charge in [-0.1, -0.05) is 54.9 Å². The van der Waals surface area contributed by atoms with E-state index in [1.54, 1.807) is 6.07 Å². The quantitative estimate of drug-likeness (QED) is 0.147. The molecule has 6 heteroatoms. The van der Waals surface area contributed by atoms with E-state index in [1.165, 1.54) is 24.2 Å². The van der Waals surface area contributed by atoms with Crippen molar-refractivity contribution in [2.75, 3.05) is 0 Å². The number of aryl methyl sites for hydroxylation is 1. The van der Waals surface area contributed by atoms with Gasteiger partial charge in [0.2, 0.25) is 5.82 Å². The lowest BCUT2D eigenvalue weighted by Gasteiger charge is -2.15. The lowest BCUT2D eigenvalue weighted by molar-refractivity contribution is 0.381. The minimum atomic E-state index is -2.17. The van der Waals surface area contributed by atoms with Gasteiger partial charge in [-0.25, -0.2) is 22.0 Å². The average Bonchev–Trinajstić information content (AvgIpc) is 2.70. The smallest absolute Gasteiger partial charge is 0.200 e. The predicted molar refractivity (Wildman–Crippen MR) is 112 cm³/mol. The van der Waals surface area contributed by atoms with Crippen LogP contribution in [0, 0.1) is 47.9 Å². The molecule has 0 atom stereocenters. The van der Waals surface area contributed by atoms with Crippen molar-refractivity contribution in [1.82, 2.24) is 0 Å². The third kappa shape index (κ3) is 4.17. The predicted octanol–water partition coefficient (Wildman–Crippen LogP) is 6.30. The Bertz CT molecular complexity index is 1150. The molecule has 0 saturated carbocycles. The number of hydrogen-bond acceptors (Lipinski definition) is 0. The minimum absolute atomic E-state index is 0.0761. The standard InChI is InChI=1S/C24H19F5Si/c1-14-13-16(6-5-15-7-10-17(11-8-15)30(2,3)4)9-12-18(14)19-20(25)22(27)24(29)23(28)21(19)26/h7-13H,1-4H3. The highest BCUT2D eigenvalue weighted by molar-refractivity contribution is 6.88. The van der Waals surface area contributed by atoms with E-state index in [2.05, 4.69) is 43.6 Å². The first-order chi connectivity index (χ1) is 14.0. The summed E-state index contributed by atoms with van der Waals surface area (Å²) in [6.45, 7) is 8.29. The number of hydrogen-bond donors (Lipinski definition) is 0. The third-order valence-electron chi connectivity index (χ3n) is 4.81. The highest BCUT2D eigenvalue weighted by atomic mass is 28.3. The molecule has 0 aliphatic rings. The molecule has 0 N–H and O–H groups in total. The van der Waals surface area contributed by atoms with Gasteiger partial charge < -0.3 is 0 Å². The molecule has 0 bridgehead atoms. The molecule has 0 nitrogen and oxygen atoms in total. The third-order valence-corrected chi connectivity index (χ3v) is 6.87. The van der Waals surface area contributed by atoms with Gasteiger partial charge in [-0.2, -0.15) is 0 Å². The molecule has 0 heterocycles. The molecular weight excluding hydrogens is 411 g/mol. The molecule has 0 unspecified atom stereocenters. The normalized spacial score (nSPS) is 11.2. The van der Waals surface area contributed by atoms with Crippen LogP contribution in [0.5, 0.6) is 0 Å². The average molecular weight is 430 g/mol. The molecule has 3 rings (SSSR count). The second-order valence-corrected chi connectivity index (χ2v) is 13.1. The van der Waals surface area contributed by atoms with Crippen LogP contribution in [0.1, 0.15) is 16.7 Å². The van der Waals surface area contributed by atoms with Crippen molar-refractivity contribution in [3.8, 4) is 23.0 Å². The van der Waals surface area contributed by atoms with E-state index in [9.17, 15) is 22.0 Å². The van der Waals surface area contributed by atoms with Crippen molar-refractivity contribution >= 4 is 13.3 Å². The van der Waals surface area contributed by atoms with Crippen LogP contribution in [-0.2, 0) is 0 Å². The van der Waals surface area contributed by atoms with Gasteiger partial charge in [-0.05, 0) is 42.3 Å². The van der Waals surface area contributed by atoms with Gasteiger partial charge in [0.1, 0.15) is 0 Å². The Morgan fingerprint density at radius 2 is 1.10 bits per heavy atom. The van der Waals surface area contributed by atoms with Gasteiger partial charge in [0.25, 0.3) is 0 Å². The fourth-order valence-electron chi connectivity index (χ4n) is 3.06. The zero-order valence-corrected chi connectivity index (χ0v) is 17.9. The van der Waals surface area contributed by atoms with E-state index in [0.717, 1.165) is 5.56 Å². The number of rotatable bonds is 2. The SMILES string of the molecule is Cc1cc(C#Cc2ccc([Si](C)(C)C)cc2)ccc1-c1c(F)c(F)c(F)c(F)c1F. The van der Waals surface area contributed by atoms with Crippen molar-refractivity contribution in [3.05, 3.63) is 88.2 Å². The van der Waals surface area contributed by atoms with Crippen LogP contribution >= 0.6 is 0 Å². The van der Waals surface area contributed by atoms with Crippen LogP contribution in [0.4, 0.5) is 22.0 Å². The van der Waals surface area contributed by atoms with Gasteiger partial charge in [-0.15, -0.1) is 0 Å². The minimum Gasteiger partial charge on any atom is -0.203 e. The van der Waals surface area contributed by atoms with Crippen LogP contribution in [0.15, 0.2) is 42.5 Å². The van der Waals surface area contributed by atoms with E-state index in [4.69, 9.17) is 0 Å². The van der Waals surface area contributed by atoms with Crippen LogP contribution in [0.2, 0.25) is 19.6 Å². The van der Waals surface area contributed by atoms with Crippen molar-refractivity contribution in [2.45, 2.75) is 26.6 Å². The summed E-state index contributed by atoms with van der Waals surface area (Å²) in [6, 6.07) is 12.4. The topological polar surface area (TPSA) is 0 Å². The zero-order chi connectivity index (χ0) is 22.2. The Morgan fingerprint density at radius 3 is 1.60 bits per heavy atom. The highest BCUT2D eigenvalue weighted by Crippen LogP contribution is 2.33. The van der Waals surface area contributed by atoms with Crippen LogP contribution in [0.3, 0.4) is 0 Å². The molecule has 0 fully saturated rings. The summed E-state index contributed by atoms with van der Waals surface area (Å²) in [7, 11) is -1.40. The molecule has 0 amide bonds. The first-order valence-electron chi connectivity index (χ1n) is 9.25. The van der Waals surface area contributed by atoms with Crippen molar-refractivity contribution < 1.29 is 22.0 Å². The molecular formula is C24H19F5Si. The Labute approximate surface area is 173 Å². The van der Waals surface area contributed by atoms with Gasteiger partial charge >= 0.3 is 0 Å². The summed E-state index contributed by atoms with van der Waals surface area (Å²) in [5, 5.41) is 1.32. The molecule has 30 heavy (non-hydrogen) atoms. The second-order valence-electron chi connectivity index (χ2n) is 8.05. The summed E-state index contributed by atoms with van der Waals surface area (Å²) < 4.78 is 68.6. The van der Waals surface area contributed by atoms with Crippen molar-refractivity contribution in [2.24, 2.45) is 0 Å². The van der Waals surface area contributed by atoms with E-state index in [-0.39, 0.29) is 5.56 Å². The first-order valence-corrected chi connectivity index (χ1v) is 12.8. The van der Waals surface area contributed by atoms with Crippen LogP contribution in [-0.4, -0.2) is 8.07 Å². The molecule has 0 aliphatic carbocycles. The Kier molecular flexibility index (Phi) is 5.87. The fourth-order valence-corrected chi connectivity index (χ4v) is 4.23. The van der Waals surface area contributed by atoms with Gasteiger partial charge in [-0.3, -0.25) is 0 Å². The summed E-state index contributed by atoms with van der Waals surface area (Å²) in [5.74, 6) is -3.81. The molecule has 3 aromatic rings. The summed E-state index contributed by atoms with van der Waals surface area (Å²) in [5.41, 5.74) is 0.713. The monoisotopic (exact) mass is 430 g/mol. The maximum absolute atomic E-state index is 14.1. The van der Waals surface area contributed by atoms with E-state index < -0.39 is 42.7 Å². The molecule has 0 radical (unpaired) electrons. The lowest BCUT2D eigenvalue weighted by Crippen LogP contribution is -2.37. The van der Waals surface area contributed by atoms with Crippen LogP contribution in [0.25, 0.3) is 11.1 Å². The van der Waals surface area contributed by atoms with Gasteiger partial charge in [0, 0.05) is 11.1 Å². The first kappa shape index (κ1) is 21.8. The highest BCUT2D eigenvalue weighted by Gasteiger charge is 2.27. The largest absolute Gasteiger partial charge is 0.203 e. The van der Waals surface area contributed by atoms with E-state index >= 15 is 0 Å². The van der Waals surface area contributed by atoms with Gasteiger partial charge in [0.15, 0.2) is 23.3 Å².